The molecule has 0 bridgehead atoms. The van der Waals surface area contributed by atoms with E-state index in [-0.39, 0.29) is 11.6 Å². The topological polar surface area (TPSA) is 92.9 Å². The number of pyridine rings is 1. The minimum Gasteiger partial charge on any atom is -0.370 e. The molecule has 7 nitrogen and oxygen atoms in total. The average Bonchev–Trinajstić information content (AvgIpc) is 2.94. The van der Waals surface area contributed by atoms with Gasteiger partial charge in [-0.3, -0.25) is 4.79 Å². The highest BCUT2D eigenvalue weighted by atomic mass is 35.5. The van der Waals surface area contributed by atoms with Crippen LogP contribution >= 0.6 is 11.6 Å². The number of amides is 1. The molecule has 2 rings (SSSR count). The Hall–Kier alpha value is -2.15. The fourth-order valence-corrected chi connectivity index (χ4v) is 1.74. The van der Waals surface area contributed by atoms with E-state index in [0.29, 0.717) is 36.2 Å². The summed E-state index contributed by atoms with van der Waals surface area (Å²) in [4.78, 5) is 20.0. The van der Waals surface area contributed by atoms with Gasteiger partial charge in [0.2, 0.25) is 5.89 Å². The van der Waals surface area contributed by atoms with E-state index in [4.69, 9.17) is 16.1 Å². The van der Waals surface area contributed by atoms with Crippen LogP contribution in [0, 0.1) is 0 Å². The van der Waals surface area contributed by atoms with E-state index in [0.717, 1.165) is 0 Å². The van der Waals surface area contributed by atoms with Crippen molar-refractivity contribution in [1.29, 1.82) is 0 Å². The molecule has 106 valence electrons. The minimum absolute atomic E-state index is 0.190. The number of aromatic nitrogens is 3. The van der Waals surface area contributed by atoms with E-state index in [1.807, 2.05) is 6.92 Å². The van der Waals surface area contributed by atoms with Gasteiger partial charge in [0.1, 0.15) is 11.5 Å². The molecule has 0 saturated carbocycles. The van der Waals surface area contributed by atoms with Crippen molar-refractivity contribution in [2.24, 2.45) is 0 Å². The monoisotopic (exact) mass is 295 g/mol. The lowest BCUT2D eigenvalue weighted by atomic mass is 10.3. The van der Waals surface area contributed by atoms with Gasteiger partial charge in [-0.15, -0.1) is 0 Å². The predicted molar refractivity (Wildman–Crippen MR) is 73.7 cm³/mol. The molecule has 0 atom stereocenters. The third-order valence-corrected chi connectivity index (χ3v) is 2.76. The number of nitrogens with one attached hydrogen (secondary N) is 2. The zero-order chi connectivity index (χ0) is 14.4. The molecule has 0 aliphatic carbocycles. The summed E-state index contributed by atoms with van der Waals surface area (Å²) >= 11 is 5.98. The molecule has 0 spiro atoms. The maximum absolute atomic E-state index is 12.0. The van der Waals surface area contributed by atoms with Gasteiger partial charge in [0.25, 0.3) is 5.91 Å². The maximum atomic E-state index is 12.0. The summed E-state index contributed by atoms with van der Waals surface area (Å²) < 4.78 is 4.83. The Labute approximate surface area is 120 Å². The summed E-state index contributed by atoms with van der Waals surface area (Å²) in [6.45, 7) is 3.03. The zero-order valence-corrected chi connectivity index (χ0v) is 11.6. The first-order valence-electron chi connectivity index (χ1n) is 6.15. The van der Waals surface area contributed by atoms with Crippen LogP contribution in [0.5, 0.6) is 0 Å². The molecule has 8 heteroatoms. The number of hydrogen-bond donors (Lipinski definition) is 2. The third-order valence-electron chi connectivity index (χ3n) is 2.45. The van der Waals surface area contributed by atoms with Gasteiger partial charge >= 0.3 is 0 Å². The summed E-state index contributed by atoms with van der Waals surface area (Å²) in [6, 6.07) is 3.36. The number of halogens is 1. The first-order chi connectivity index (χ1) is 9.70. The van der Waals surface area contributed by atoms with Crippen LogP contribution in [0.1, 0.15) is 23.3 Å². The van der Waals surface area contributed by atoms with Crippen molar-refractivity contribution in [1.82, 2.24) is 20.4 Å². The van der Waals surface area contributed by atoms with E-state index < -0.39 is 0 Å². The Morgan fingerprint density at radius 3 is 3.00 bits per heavy atom. The highest BCUT2D eigenvalue weighted by Gasteiger charge is 2.13. The van der Waals surface area contributed by atoms with Crippen LogP contribution in [0.2, 0.25) is 5.02 Å². The first-order valence-corrected chi connectivity index (χ1v) is 6.52. The molecule has 2 aromatic rings. The van der Waals surface area contributed by atoms with E-state index in [1.54, 1.807) is 12.1 Å². The number of hydrogen-bond acceptors (Lipinski definition) is 6. The fourth-order valence-electron chi connectivity index (χ4n) is 1.55. The van der Waals surface area contributed by atoms with Crippen LogP contribution in [0.4, 0.5) is 5.82 Å². The molecule has 2 aromatic heterocycles. The van der Waals surface area contributed by atoms with E-state index in [9.17, 15) is 4.79 Å². The summed E-state index contributed by atoms with van der Waals surface area (Å²) in [5.41, 5.74) is 0.190. The molecule has 0 saturated heterocycles. The van der Waals surface area contributed by atoms with Gasteiger partial charge < -0.3 is 15.2 Å². The van der Waals surface area contributed by atoms with Crippen molar-refractivity contribution in [2.45, 2.75) is 13.3 Å². The first kappa shape index (κ1) is 14.3. The van der Waals surface area contributed by atoms with Crippen LogP contribution in [0.25, 0.3) is 0 Å². The average molecular weight is 296 g/mol. The quantitative estimate of drug-likeness (QED) is 0.839. The third kappa shape index (κ3) is 3.67. The minimum atomic E-state index is -0.339. The van der Waals surface area contributed by atoms with Crippen molar-refractivity contribution in [3.63, 3.8) is 0 Å². The van der Waals surface area contributed by atoms with Gasteiger partial charge in [-0.25, -0.2) is 4.98 Å². The van der Waals surface area contributed by atoms with Crippen molar-refractivity contribution in [3.05, 3.63) is 35.1 Å². The molecule has 1 amide bonds. The number of carbonyl (C=O) groups excluding carboxylic acids is 1. The highest BCUT2D eigenvalue weighted by molar-refractivity contribution is 6.33. The SMILES string of the molecule is CCNc1ccc(Cl)c(C(=O)NCCc2ncno2)n1. The fraction of sp³-hybridized carbons (Fsp3) is 0.333. The number of rotatable bonds is 6. The van der Waals surface area contributed by atoms with Gasteiger partial charge in [0.05, 0.1) is 5.02 Å². The molecule has 0 fully saturated rings. The molecule has 2 heterocycles. The van der Waals surface area contributed by atoms with Crippen LogP contribution in [-0.2, 0) is 6.42 Å². The standard InChI is InChI=1S/C12H14ClN5O2/c1-2-14-9-4-3-8(13)11(18-9)12(19)15-6-5-10-16-7-17-20-10/h3-4,7H,2,5-6H2,1H3,(H,14,18)(H,15,19). The molecule has 20 heavy (non-hydrogen) atoms. The van der Waals surface area contributed by atoms with Gasteiger partial charge in [0.15, 0.2) is 6.33 Å². The highest BCUT2D eigenvalue weighted by Crippen LogP contribution is 2.16. The molecule has 0 aromatic carbocycles. The van der Waals surface area contributed by atoms with Crippen LogP contribution in [0.3, 0.4) is 0 Å². The number of nitrogens with zero attached hydrogens (tertiary/aromatic N) is 3. The molecule has 0 aliphatic heterocycles. The molecule has 0 unspecified atom stereocenters. The van der Waals surface area contributed by atoms with Gasteiger partial charge in [-0.05, 0) is 19.1 Å². The predicted octanol–water partition coefficient (Wildman–Crippen LogP) is 1.52. The maximum Gasteiger partial charge on any atom is 0.271 e. The van der Waals surface area contributed by atoms with Crippen LogP contribution in [-0.4, -0.2) is 34.1 Å². The second-order valence-electron chi connectivity index (χ2n) is 3.90. The van der Waals surface area contributed by atoms with E-state index in [2.05, 4.69) is 25.8 Å². The molecule has 0 radical (unpaired) electrons. The Balaban J connectivity index is 1.95. The molecule has 0 aliphatic rings. The molecular weight excluding hydrogens is 282 g/mol. The Morgan fingerprint density at radius 1 is 1.45 bits per heavy atom. The zero-order valence-electron chi connectivity index (χ0n) is 10.9. The van der Waals surface area contributed by atoms with Gasteiger partial charge in [-0.1, -0.05) is 16.8 Å². The van der Waals surface area contributed by atoms with Crippen molar-refractivity contribution < 1.29 is 9.32 Å². The van der Waals surface area contributed by atoms with Crippen molar-refractivity contribution in [2.75, 3.05) is 18.4 Å². The summed E-state index contributed by atoms with van der Waals surface area (Å²) in [5, 5.41) is 9.52. The largest absolute Gasteiger partial charge is 0.370 e. The molecule has 2 N–H and O–H groups in total. The van der Waals surface area contributed by atoms with Crippen molar-refractivity contribution in [3.8, 4) is 0 Å². The van der Waals surface area contributed by atoms with E-state index >= 15 is 0 Å². The van der Waals surface area contributed by atoms with Gasteiger partial charge in [-0.2, -0.15) is 4.98 Å². The normalized spacial score (nSPS) is 10.3. The van der Waals surface area contributed by atoms with Crippen LogP contribution in [0.15, 0.2) is 23.0 Å². The van der Waals surface area contributed by atoms with Gasteiger partial charge in [0, 0.05) is 19.5 Å². The van der Waals surface area contributed by atoms with E-state index in [1.165, 1.54) is 6.33 Å². The summed E-state index contributed by atoms with van der Waals surface area (Å²) in [5.74, 6) is 0.735. The second kappa shape index (κ2) is 6.85. The Bertz CT molecular complexity index is 573. The second-order valence-corrected chi connectivity index (χ2v) is 4.31. The van der Waals surface area contributed by atoms with Crippen LogP contribution < -0.4 is 10.6 Å². The summed E-state index contributed by atoms with van der Waals surface area (Å²) in [7, 11) is 0. The molecular formula is C12H14ClN5O2. The lowest BCUT2D eigenvalue weighted by Gasteiger charge is -2.07. The Kier molecular flexibility index (Phi) is 4.89. The summed E-state index contributed by atoms with van der Waals surface area (Å²) in [6.07, 6.45) is 1.77. The number of carbonyl (C=O) groups is 1. The smallest absolute Gasteiger partial charge is 0.271 e. The number of anilines is 1. The lowest BCUT2D eigenvalue weighted by Crippen LogP contribution is -2.27. The Morgan fingerprint density at radius 2 is 2.30 bits per heavy atom. The van der Waals surface area contributed by atoms with Crippen molar-refractivity contribution >= 4 is 23.3 Å². The lowest BCUT2D eigenvalue weighted by molar-refractivity contribution is 0.0948.